The van der Waals surface area contributed by atoms with Gasteiger partial charge in [-0.15, -0.1) is 0 Å². The quantitative estimate of drug-likeness (QED) is 0.239. The summed E-state index contributed by atoms with van der Waals surface area (Å²) < 4.78 is 6.12. The molecule has 1 atom stereocenters. The van der Waals surface area contributed by atoms with Crippen LogP contribution in [0.4, 0.5) is 0 Å². The summed E-state index contributed by atoms with van der Waals surface area (Å²) in [5, 5.41) is 15.3. The molecule has 0 aliphatic heterocycles. The molecule has 0 aromatic heterocycles. The number of nitrogens with one attached hydrogen (secondary N) is 1. The second-order valence-electron chi connectivity index (χ2n) is 7.89. The molecule has 168 valence electrons. The smallest absolute Gasteiger partial charge is 0.262 e. The SMILES string of the molecule is C[C@@H](NC(=O)/C(C#N)=C/c1c(OCc2ccc(Cl)cc2)ccc2ccccc12)c1ccccc1. The van der Waals surface area contributed by atoms with Gasteiger partial charge in [-0.2, -0.15) is 5.26 Å². The van der Waals surface area contributed by atoms with Crippen LogP contribution in [0.25, 0.3) is 16.8 Å². The minimum Gasteiger partial charge on any atom is -0.488 e. The average Bonchev–Trinajstić information content (AvgIpc) is 2.87. The summed E-state index contributed by atoms with van der Waals surface area (Å²) >= 11 is 5.98. The van der Waals surface area contributed by atoms with E-state index in [0.717, 1.165) is 21.9 Å². The molecule has 4 aromatic rings. The highest BCUT2D eigenvalue weighted by Crippen LogP contribution is 2.31. The fraction of sp³-hybridized carbons (Fsp3) is 0.103. The molecule has 0 saturated carbocycles. The third-order valence-corrected chi connectivity index (χ3v) is 5.79. The maximum atomic E-state index is 13.0. The number of amides is 1. The van der Waals surface area contributed by atoms with Gasteiger partial charge in [-0.3, -0.25) is 4.79 Å². The summed E-state index contributed by atoms with van der Waals surface area (Å²) in [4.78, 5) is 13.0. The van der Waals surface area contributed by atoms with E-state index in [0.29, 0.717) is 22.9 Å². The van der Waals surface area contributed by atoms with E-state index in [2.05, 4.69) is 11.4 Å². The Morgan fingerprint density at radius 3 is 2.44 bits per heavy atom. The number of halogens is 1. The van der Waals surface area contributed by atoms with E-state index in [9.17, 15) is 10.1 Å². The summed E-state index contributed by atoms with van der Waals surface area (Å²) in [7, 11) is 0. The third-order valence-electron chi connectivity index (χ3n) is 5.54. The first-order valence-electron chi connectivity index (χ1n) is 10.9. The van der Waals surface area contributed by atoms with Crippen molar-refractivity contribution < 1.29 is 9.53 Å². The standard InChI is InChI=1S/C29H23ClN2O2/c1-20(22-7-3-2-4-8-22)32-29(33)24(18-31)17-27-26-10-6-5-9-23(26)13-16-28(27)34-19-21-11-14-25(30)15-12-21/h2-17,20H,19H2,1H3,(H,32,33)/b24-17+/t20-/m1/s1. The van der Waals surface area contributed by atoms with E-state index in [1.807, 2.05) is 97.9 Å². The van der Waals surface area contributed by atoms with Crippen molar-refractivity contribution in [3.63, 3.8) is 0 Å². The van der Waals surface area contributed by atoms with Crippen molar-refractivity contribution in [2.75, 3.05) is 0 Å². The Labute approximate surface area is 204 Å². The number of rotatable bonds is 7. The zero-order valence-corrected chi connectivity index (χ0v) is 19.4. The second kappa shape index (κ2) is 10.7. The molecule has 1 N–H and O–H groups in total. The summed E-state index contributed by atoms with van der Waals surface area (Å²) in [5.74, 6) is 0.153. The lowest BCUT2D eigenvalue weighted by molar-refractivity contribution is -0.117. The van der Waals surface area contributed by atoms with Gasteiger partial charge < -0.3 is 10.1 Å². The van der Waals surface area contributed by atoms with Crippen LogP contribution in [0.2, 0.25) is 5.02 Å². The van der Waals surface area contributed by atoms with E-state index >= 15 is 0 Å². The Balaban J connectivity index is 1.66. The van der Waals surface area contributed by atoms with E-state index in [1.165, 1.54) is 0 Å². The van der Waals surface area contributed by atoms with Gasteiger partial charge >= 0.3 is 0 Å². The number of carbonyl (C=O) groups excluding carboxylic acids is 1. The van der Waals surface area contributed by atoms with Gasteiger partial charge in [-0.1, -0.05) is 84.4 Å². The maximum absolute atomic E-state index is 13.0. The van der Waals surface area contributed by atoms with Crippen LogP contribution >= 0.6 is 11.6 Å². The van der Waals surface area contributed by atoms with Gasteiger partial charge in [0.1, 0.15) is 24.0 Å². The second-order valence-corrected chi connectivity index (χ2v) is 8.33. The number of fused-ring (bicyclic) bond motifs is 1. The maximum Gasteiger partial charge on any atom is 0.262 e. The van der Waals surface area contributed by atoms with Crippen LogP contribution in [-0.4, -0.2) is 5.91 Å². The van der Waals surface area contributed by atoms with Gasteiger partial charge in [0, 0.05) is 10.6 Å². The fourth-order valence-electron chi connectivity index (χ4n) is 3.68. The number of hydrogen-bond donors (Lipinski definition) is 1. The van der Waals surface area contributed by atoms with Crippen LogP contribution in [0.5, 0.6) is 5.75 Å². The molecule has 0 heterocycles. The van der Waals surface area contributed by atoms with Gasteiger partial charge in [0.05, 0.1) is 6.04 Å². The van der Waals surface area contributed by atoms with Crippen LogP contribution < -0.4 is 10.1 Å². The predicted molar refractivity (Wildman–Crippen MR) is 136 cm³/mol. The molecule has 4 nitrogen and oxygen atoms in total. The first kappa shape index (κ1) is 23.1. The van der Waals surface area contributed by atoms with Crippen molar-refractivity contribution in [1.82, 2.24) is 5.32 Å². The first-order valence-corrected chi connectivity index (χ1v) is 11.3. The molecule has 0 aliphatic carbocycles. The number of benzene rings is 4. The summed E-state index contributed by atoms with van der Waals surface area (Å²) in [5.41, 5.74) is 2.62. The fourth-order valence-corrected chi connectivity index (χ4v) is 3.81. The molecule has 5 heteroatoms. The number of hydrogen-bond acceptors (Lipinski definition) is 3. The largest absolute Gasteiger partial charge is 0.488 e. The Morgan fingerprint density at radius 2 is 1.71 bits per heavy atom. The molecule has 1 amide bonds. The minimum absolute atomic E-state index is 0.00970. The molecule has 0 bridgehead atoms. The summed E-state index contributed by atoms with van der Waals surface area (Å²) in [6, 6.07) is 30.5. The third kappa shape index (κ3) is 5.46. The van der Waals surface area contributed by atoms with Crippen LogP contribution in [0.15, 0.2) is 96.6 Å². The van der Waals surface area contributed by atoms with Crippen molar-refractivity contribution in [1.29, 1.82) is 5.26 Å². The molecule has 0 unspecified atom stereocenters. The number of carbonyl (C=O) groups is 1. The lowest BCUT2D eigenvalue weighted by Gasteiger charge is -2.15. The van der Waals surface area contributed by atoms with Crippen molar-refractivity contribution in [2.24, 2.45) is 0 Å². The molecule has 0 aliphatic rings. The molecule has 4 aromatic carbocycles. The monoisotopic (exact) mass is 466 g/mol. The summed E-state index contributed by atoms with van der Waals surface area (Å²) in [6.07, 6.45) is 1.60. The first-order chi connectivity index (χ1) is 16.5. The average molecular weight is 467 g/mol. The lowest BCUT2D eigenvalue weighted by Crippen LogP contribution is -2.27. The Hall–Kier alpha value is -4.07. The number of nitrogens with zero attached hydrogens (tertiary/aromatic N) is 1. The zero-order valence-electron chi connectivity index (χ0n) is 18.7. The molecule has 0 saturated heterocycles. The minimum atomic E-state index is -0.435. The molecule has 0 fully saturated rings. The summed E-state index contributed by atoms with van der Waals surface area (Å²) in [6.45, 7) is 2.22. The van der Waals surface area contributed by atoms with Gasteiger partial charge in [0.2, 0.25) is 0 Å². The molecule has 0 radical (unpaired) electrons. The van der Waals surface area contributed by atoms with Crippen molar-refractivity contribution >= 4 is 34.4 Å². The van der Waals surface area contributed by atoms with E-state index in [4.69, 9.17) is 16.3 Å². The predicted octanol–water partition coefficient (Wildman–Crippen LogP) is 6.86. The zero-order chi connectivity index (χ0) is 23.9. The lowest BCUT2D eigenvalue weighted by atomic mass is 10.0. The number of ether oxygens (including phenoxy) is 1. The van der Waals surface area contributed by atoms with Crippen molar-refractivity contribution in [2.45, 2.75) is 19.6 Å². The van der Waals surface area contributed by atoms with E-state index in [-0.39, 0.29) is 11.6 Å². The van der Waals surface area contributed by atoms with Crippen molar-refractivity contribution in [3.8, 4) is 11.8 Å². The Bertz CT molecular complexity index is 1370. The molecule has 4 rings (SSSR count). The van der Waals surface area contributed by atoms with Crippen LogP contribution in [0.3, 0.4) is 0 Å². The van der Waals surface area contributed by atoms with E-state index in [1.54, 1.807) is 6.08 Å². The number of nitriles is 1. The normalized spacial score (nSPS) is 12.1. The molecule has 34 heavy (non-hydrogen) atoms. The highest BCUT2D eigenvalue weighted by Gasteiger charge is 2.16. The van der Waals surface area contributed by atoms with Gasteiger partial charge in [0.15, 0.2) is 0 Å². The van der Waals surface area contributed by atoms with Crippen molar-refractivity contribution in [3.05, 3.63) is 118 Å². The van der Waals surface area contributed by atoms with Crippen LogP contribution in [0, 0.1) is 11.3 Å². The Kier molecular flexibility index (Phi) is 7.27. The molecule has 0 spiro atoms. The van der Waals surface area contributed by atoms with Gasteiger partial charge in [0.25, 0.3) is 5.91 Å². The highest BCUT2D eigenvalue weighted by molar-refractivity contribution is 6.30. The highest BCUT2D eigenvalue weighted by atomic mass is 35.5. The van der Waals surface area contributed by atoms with Gasteiger partial charge in [-0.25, -0.2) is 0 Å². The topological polar surface area (TPSA) is 62.1 Å². The Morgan fingerprint density at radius 1 is 1.00 bits per heavy atom. The van der Waals surface area contributed by atoms with Crippen LogP contribution in [-0.2, 0) is 11.4 Å². The molecular weight excluding hydrogens is 444 g/mol. The van der Waals surface area contributed by atoms with Crippen LogP contribution in [0.1, 0.15) is 29.7 Å². The van der Waals surface area contributed by atoms with E-state index < -0.39 is 5.91 Å². The van der Waals surface area contributed by atoms with Gasteiger partial charge in [-0.05, 0) is 53.1 Å². The molecular formula is C29H23ClN2O2.